The molecule has 2 aromatic heterocycles. The minimum atomic E-state index is -1.14. The number of carboxylic acid groups (broad SMARTS) is 1. The zero-order valence-electron chi connectivity index (χ0n) is 6.26. The molecule has 0 aliphatic heterocycles. The van der Waals surface area contributed by atoms with Gasteiger partial charge < -0.3 is 5.11 Å². The summed E-state index contributed by atoms with van der Waals surface area (Å²) in [5.74, 6) is -0.988. The first kappa shape index (κ1) is 7.47. The standard InChI is InChI=1S/C6H4N4O3/c11-4(12)3-1-7-5-8-9-6(13)10(5)2-3/h1-2H,(H,9,13)(H,11,12). The molecule has 0 spiro atoms. The fourth-order valence-corrected chi connectivity index (χ4v) is 0.914. The molecule has 7 heteroatoms. The van der Waals surface area contributed by atoms with Crippen LogP contribution in [0.3, 0.4) is 0 Å². The van der Waals surface area contributed by atoms with Crippen molar-refractivity contribution in [3.8, 4) is 0 Å². The smallest absolute Gasteiger partial charge is 0.348 e. The highest BCUT2D eigenvalue weighted by molar-refractivity contribution is 5.86. The molecular formula is C6H4N4O3. The molecular weight excluding hydrogens is 176 g/mol. The fourth-order valence-electron chi connectivity index (χ4n) is 0.914. The highest BCUT2D eigenvalue weighted by atomic mass is 16.4. The summed E-state index contributed by atoms with van der Waals surface area (Å²) in [6.07, 6.45) is 2.30. The van der Waals surface area contributed by atoms with Crippen LogP contribution >= 0.6 is 0 Å². The average molecular weight is 180 g/mol. The summed E-state index contributed by atoms with van der Waals surface area (Å²) in [4.78, 5) is 25.1. The van der Waals surface area contributed by atoms with Crippen molar-refractivity contribution < 1.29 is 9.90 Å². The van der Waals surface area contributed by atoms with Gasteiger partial charge >= 0.3 is 11.7 Å². The maximum Gasteiger partial charge on any atom is 0.348 e. The highest BCUT2D eigenvalue weighted by Gasteiger charge is 2.06. The van der Waals surface area contributed by atoms with Gasteiger partial charge in [0, 0.05) is 12.4 Å². The van der Waals surface area contributed by atoms with E-state index in [1.165, 1.54) is 0 Å². The van der Waals surface area contributed by atoms with Gasteiger partial charge in [0.1, 0.15) is 0 Å². The third-order valence-corrected chi connectivity index (χ3v) is 1.52. The number of aromatic nitrogens is 4. The third-order valence-electron chi connectivity index (χ3n) is 1.52. The number of rotatable bonds is 1. The Bertz CT molecular complexity index is 526. The van der Waals surface area contributed by atoms with Crippen LogP contribution in [0.25, 0.3) is 5.78 Å². The van der Waals surface area contributed by atoms with Crippen LogP contribution in [-0.4, -0.2) is 30.7 Å². The largest absolute Gasteiger partial charge is 0.478 e. The van der Waals surface area contributed by atoms with Crippen LogP contribution in [-0.2, 0) is 0 Å². The molecule has 0 unspecified atom stereocenters. The Kier molecular flexibility index (Phi) is 1.38. The van der Waals surface area contributed by atoms with Gasteiger partial charge in [0.15, 0.2) is 0 Å². The molecule has 0 fully saturated rings. The van der Waals surface area contributed by atoms with Crippen LogP contribution < -0.4 is 5.69 Å². The van der Waals surface area contributed by atoms with Gasteiger partial charge in [0.2, 0.25) is 0 Å². The Morgan fingerprint density at radius 2 is 2.38 bits per heavy atom. The molecule has 13 heavy (non-hydrogen) atoms. The number of aromatic amines is 1. The second-order valence-corrected chi connectivity index (χ2v) is 2.35. The summed E-state index contributed by atoms with van der Waals surface area (Å²) in [6, 6.07) is 0. The number of nitrogens with zero attached hydrogens (tertiary/aromatic N) is 3. The summed E-state index contributed by atoms with van der Waals surface area (Å²) in [5, 5.41) is 14.3. The van der Waals surface area contributed by atoms with Crippen molar-refractivity contribution in [1.29, 1.82) is 0 Å². The Morgan fingerprint density at radius 3 is 3.08 bits per heavy atom. The van der Waals surface area contributed by atoms with Gasteiger partial charge in [0.05, 0.1) is 5.56 Å². The van der Waals surface area contributed by atoms with Crippen molar-refractivity contribution in [3.05, 3.63) is 28.4 Å². The lowest BCUT2D eigenvalue weighted by Gasteiger charge is -1.92. The Hall–Kier alpha value is -2.18. The normalized spacial score (nSPS) is 10.5. The molecule has 0 amide bonds. The van der Waals surface area contributed by atoms with E-state index < -0.39 is 11.7 Å². The first-order valence-electron chi connectivity index (χ1n) is 3.34. The number of nitrogens with one attached hydrogen (secondary N) is 1. The van der Waals surface area contributed by atoms with Gasteiger partial charge in [-0.15, -0.1) is 5.10 Å². The molecule has 0 bridgehead atoms. The van der Waals surface area contributed by atoms with Crippen molar-refractivity contribution in [3.63, 3.8) is 0 Å². The molecule has 0 aliphatic rings. The van der Waals surface area contributed by atoms with E-state index in [2.05, 4.69) is 15.2 Å². The highest BCUT2D eigenvalue weighted by Crippen LogP contribution is 1.96. The maximum atomic E-state index is 11.0. The minimum Gasteiger partial charge on any atom is -0.478 e. The van der Waals surface area contributed by atoms with Gasteiger partial charge in [-0.25, -0.2) is 24.1 Å². The van der Waals surface area contributed by atoms with Gasteiger partial charge in [-0.3, -0.25) is 0 Å². The van der Waals surface area contributed by atoms with E-state index in [4.69, 9.17) is 5.11 Å². The molecule has 2 N–H and O–H groups in total. The van der Waals surface area contributed by atoms with E-state index in [9.17, 15) is 9.59 Å². The molecule has 0 saturated heterocycles. The van der Waals surface area contributed by atoms with Crippen LogP contribution in [0.2, 0.25) is 0 Å². The topological polar surface area (TPSA) is 100 Å². The number of H-pyrrole nitrogens is 1. The SMILES string of the molecule is O=C(O)c1cnc2n[nH]c(=O)n2c1. The van der Waals surface area contributed by atoms with Crippen molar-refractivity contribution >= 4 is 11.7 Å². The number of hydrogen-bond acceptors (Lipinski definition) is 4. The summed E-state index contributed by atoms with van der Waals surface area (Å²) in [5.41, 5.74) is -0.568. The second kappa shape index (κ2) is 2.41. The summed E-state index contributed by atoms with van der Waals surface area (Å²) >= 11 is 0. The van der Waals surface area contributed by atoms with Crippen LogP contribution in [0, 0.1) is 0 Å². The number of carboxylic acids is 1. The lowest BCUT2D eigenvalue weighted by Crippen LogP contribution is -2.11. The molecule has 0 aliphatic carbocycles. The quantitative estimate of drug-likeness (QED) is 0.593. The van der Waals surface area contributed by atoms with Crippen molar-refractivity contribution in [2.45, 2.75) is 0 Å². The molecule has 0 aromatic carbocycles. The summed E-state index contributed by atoms with van der Waals surface area (Å²) in [6.45, 7) is 0. The predicted octanol–water partition coefficient (Wildman–Crippen LogP) is -0.884. The zero-order valence-corrected chi connectivity index (χ0v) is 6.26. The fraction of sp³-hybridized carbons (Fsp3) is 0. The molecule has 7 nitrogen and oxygen atoms in total. The minimum absolute atomic E-state index is 0.0593. The lowest BCUT2D eigenvalue weighted by molar-refractivity contribution is 0.0696. The third kappa shape index (κ3) is 1.06. The van der Waals surface area contributed by atoms with Crippen LogP contribution in [0.4, 0.5) is 0 Å². The van der Waals surface area contributed by atoms with Crippen LogP contribution in [0.5, 0.6) is 0 Å². The molecule has 2 heterocycles. The van der Waals surface area contributed by atoms with E-state index >= 15 is 0 Å². The predicted molar refractivity (Wildman–Crippen MR) is 40.6 cm³/mol. The van der Waals surface area contributed by atoms with Crippen LogP contribution in [0.1, 0.15) is 10.4 Å². The van der Waals surface area contributed by atoms with E-state index in [-0.39, 0.29) is 11.3 Å². The molecule has 2 aromatic rings. The van der Waals surface area contributed by atoms with Gasteiger partial charge in [-0.05, 0) is 0 Å². The first-order valence-corrected chi connectivity index (χ1v) is 3.34. The van der Waals surface area contributed by atoms with E-state index in [0.717, 1.165) is 16.8 Å². The summed E-state index contributed by atoms with van der Waals surface area (Å²) < 4.78 is 1.03. The molecule has 0 saturated carbocycles. The van der Waals surface area contributed by atoms with Gasteiger partial charge in [-0.1, -0.05) is 0 Å². The van der Waals surface area contributed by atoms with Crippen LogP contribution in [0.15, 0.2) is 17.2 Å². The van der Waals surface area contributed by atoms with Crippen molar-refractivity contribution in [2.75, 3.05) is 0 Å². The van der Waals surface area contributed by atoms with Gasteiger partial charge in [-0.2, -0.15) is 0 Å². The Labute approximate surface area is 70.7 Å². The monoisotopic (exact) mass is 180 g/mol. The number of fused-ring (bicyclic) bond motifs is 1. The first-order chi connectivity index (χ1) is 6.18. The lowest BCUT2D eigenvalue weighted by atomic mass is 10.3. The van der Waals surface area contributed by atoms with Gasteiger partial charge in [0.25, 0.3) is 5.78 Å². The summed E-state index contributed by atoms with van der Waals surface area (Å²) in [7, 11) is 0. The van der Waals surface area contributed by atoms with E-state index in [1.807, 2.05) is 0 Å². The Balaban J connectivity index is 2.80. The van der Waals surface area contributed by atoms with E-state index in [0.29, 0.717) is 0 Å². The second-order valence-electron chi connectivity index (χ2n) is 2.35. The maximum absolute atomic E-state index is 11.0. The molecule has 2 rings (SSSR count). The number of carbonyl (C=O) groups is 1. The Morgan fingerprint density at radius 1 is 1.62 bits per heavy atom. The molecule has 0 atom stereocenters. The molecule has 0 radical (unpaired) electrons. The molecule has 66 valence electrons. The average Bonchev–Trinajstić information content (AvgIpc) is 2.47. The van der Waals surface area contributed by atoms with E-state index in [1.54, 1.807) is 0 Å². The van der Waals surface area contributed by atoms with Crippen molar-refractivity contribution in [1.82, 2.24) is 19.6 Å². The number of hydrogen-bond donors (Lipinski definition) is 2. The number of aromatic carboxylic acids is 1. The zero-order chi connectivity index (χ0) is 9.42. The van der Waals surface area contributed by atoms with Crippen molar-refractivity contribution in [2.24, 2.45) is 0 Å².